The summed E-state index contributed by atoms with van der Waals surface area (Å²) in [7, 11) is 0. The minimum Gasteiger partial charge on any atom is -0.481 e. The molecule has 1 aliphatic heterocycles. The fourth-order valence-corrected chi connectivity index (χ4v) is 1.85. The van der Waals surface area contributed by atoms with Gasteiger partial charge >= 0.3 is 5.97 Å². The van der Waals surface area contributed by atoms with Gasteiger partial charge in [-0.25, -0.2) is 0 Å². The van der Waals surface area contributed by atoms with E-state index in [9.17, 15) is 4.79 Å². The van der Waals surface area contributed by atoms with Crippen LogP contribution in [0.3, 0.4) is 0 Å². The summed E-state index contributed by atoms with van der Waals surface area (Å²) in [5.41, 5.74) is 0. The predicted molar refractivity (Wildman–Crippen MR) is 62.5 cm³/mol. The molecule has 0 unspecified atom stereocenters. The molecule has 0 atom stereocenters. The lowest BCUT2D eigenvalue weighted by Crippen LogP contribution is -2.48. The second kappa shape index (κ2) is 6.86. The van der Waals surface area contributed by atoms with Crippen LogP contribution in [0.25, 0.3) is 0 Å². The van der Waals surface area contributed by atoms with Crippen LogP contribution in [-0.4, -0.2) is 48.8 Å². The van der Waals surface area contributed by atoms with E-state index >= 15 is 0 Å². The molecule has 0 aliphatic carbocycles. The van der Waals surface area contributed by atoms with Crippen LogP contribution in [0.1, 0.15) is 26.7 Å². The number of aliphatic carboxylic acids is 1. The number of likely N-dealkylation sites (tertiary alicyclic amines) is 1. The molecule has 0 saturated carbocycles. The molecule has 94 valence electrons. The average molecular weight is 229 g/mol. The van der Waals surface area contributed by atoms with Gasteiger partial charge in [-0.2, -0.15) is 0 Å². The van der Waals surface area contributed by atoms with E-state index in [1.54, 1.807) is 0 Å². The zero-order chi connectivity index (χ0) is 12.0. The van der Waals surface area contributed by atoms with Crippen LogP contribution in [0.15, 0.2) is 0 Å². The molecule has 1 aliphatic rings. The number of ether oxygens (including phenoxy) is 1. The monoisotopic (exact) mass is 229 g/mol. The SMILES string of the molecule is CC(C)CCOCCN1CC(CC(=O)O)C1. The van der Waals surface area contributed by atoms with Gasteiger partial charge in [0.1, 0.15) is 0 Å². The second-order valence-corrected chi connectivity index (χ2v) is 5.02. The highest BCUT2D eigenvalue weighted by atomic mass is 16.5. The second-order valence-electron chi connectivity index (χ2n) is 5.02. The van der Waals surface area contributed by atoms with Crippen LogP contribution in [-0.2, 0) is 9.53 Å². The van der Waals surface area contributed by atoms with Crippen molar-refractivity contribution in [2.45, 2.75) is 26.7 Å². The maximum Gasteiger partial charge on any atom is 0.303 e. The summed E-state index contributed by atoms with van der Waals surface area (Å²) in [6.45, 7) is 8.76. The molecular formula is C12H23NO3. The topological polar surface area (TPSA) is 49.8 Å². The number of carboxylic acid groups (broad SMARTS) is 1. The van der Waals surface area contributed by atoms with Crippen molar-refractivity contribution in [2.75, 3.05) is 32.8 Å². The fraction of sp³-hybridized carbons (Fsp3) is 0.917. The minimum atomic E-state index is -0.683. The van der Waals surface area contributed by atoms with E-state index < -0.39 is 5.97 Å². The van der Waals surface area contributed by atoms with Gasteiger partial charge in [0.25, 0.3) is 0 Å². The molecule has 0 aromatic heterocycles. The molecule has 0 aromatic carbocycles. The van der Waals surface area contributed by atoms with Crippen LogP contribution >= 0.6 is 0 Å². The van der Waals surface area contributed by atoms with Gasteiger partial charge < -0.3 is 14.7 Å². The number of carbonyl (C=O) groups is 1. The Bertz CT molecular complexity index is 212. The zero-order valence-electron chi connectivity index (χ0n) is 10.3. The summed E-state index contributed by atoms with van der Waals surface area (Å²) >= 11 is 0. The van der Waals surface area contributed by atoms with Crippen molar-refractivity contribution in [3.8, 4) is 0 Å². The number of carboxylic acids is 1. The van der Waals surface area contributed by atoms with Crippen molar-refractivity contribution >= 4 is 5.97 Å². The van der Waals surface area contributed by atoms with Crippen LogP contribution in [0.2, 0.25) is 0 Å². The lowest BCUT2D eigenvalue weighted by Gasteiger charge is -2.38. The van der Waals surface area contributed by atoms with Gasteiger partial charge in [0, 0.05) is 26.2 Å². The summed E-state index contributed by atoms with van der Waals surface area (Å²) in [6.07, 6.45) is 1.42. The van der Waals surface area contributed by atoms with Gasteiger partial charge in [-0.05, 0) is 18.3 Å². The number of hydrogen-bond acceptors (Lipinski definition) is 3. The first-order chi connectivity index (χ1) is 7.58. The lowest BCUT2D eigenvalue weighted by atomic mass is 9.97. The van der Waals surface area contributed by atoms with Gasteiger partial charge in [-0.1, -0.05) is 13.8 Å². The molecule has 0 amide bonds. The highest BCUT2D eigenvalue weighted by molar-refractivity contribution is 5.67. The quantitative estimate of drug-likeness (QED) is 0.640. The standard InChI is InChI=1S/C12H23NO3/c1-10(2)3-5-16-6-4-13-8-11(9-13)7-12(14)15/h10-11H,3-9H2,1-2H3,(H,14,15). The van der Waals surface area contributed by atoms with Crippen molar-refractivity contribution in [3.05, 3.63) is 0 Å². The summed E-state index contributed by atoms with van der Waals surface area (Å²) in [4.78, 5) is 12.7. The summed E-state index contributed by atoms with van der Waals surface area (Å²) in [5.74, 6) is 0.370. The molecule has 1 saturated heterocycles. The smallest absolute Gasteiger partial charge is 0.303 e. The zero-order valence-corrected chi connectivity index (χ0v) is 10.3. The van der Waals surface area contributed by atoms with Crippen LogP contribution in [0, 0.1) is 11.8 Å². The van der Waals surface area contributed by atoms with Crippen molar-refractivity contribution in [1.29, 1.82) is 0 Å². The Hall–Kier alpha value is -0.610. The molecule has 0 radical (unpaired) electrons. The van der Waals surface area contributed by atoms with E-state index in [1.165, 1.54) is 0 Å². The molecule has 1 fully saturated rings. The Morgan fingerprint density at radius 1 is 1.44 bits per heavy atom. The first kappa shape index (κ1) is 13.5. The Labute approximate surface area is 97.6 Å². The number of nitrogens with zero attached hydrogens (tertiary/aromatic N) is 1. The summed E-state index contributed by atoms with van der Waals surface area (Å²) in [5, 5.41) is 8.59. The first-order valence-electron chi connectivity index (χ1n) is 6.10. The van der Waals surface area contributed by atoms with Crippen LogP contribution < -0.4 is 0 Å². The Balaban J connectivity index is 1.88. The van der Waals surface area contributed by atoms with Crippen LogP contribution in [0.5, 0.6) is 0 Å². The normalized spacial score (nSPS) is 17.7. The molecule has 1 heterocycles. The largest absolute Gasteiger partial charge is 0.481 e. The minimum absolute atomic E-state index is 0.310. The van der Waals surface area contributed by atoms with E-state index in [-0.39, 0.29) is 0 Å². The molecular weight excluding hydrogens is 206 g/mol. The van der Waals surface area contributed by atoms with Gasteiger partial charge in [-0.15, -0.1) is 0 Å². The average Bonchev–Trinajstić information content (AvgIpc) is 2.11. The van der Waals surface area contributed by atoms with Gasteiger partial charge in [0.2, 0.25) is 0 Å². The van der Waals surface area contributed by atoms with Crippen LogP contribution in [0.4, 0.5) is 0 Å². The van der Waals surface area contributed by atoms with E-state index in [0.717, 1.165) is 39.3 Å². The molecule has 0 spiro atoms. The van der Waals surface area contributed by atoms with E-state index in [1.807, 2.05) is 0 Å². The van der Waals surface area contributed by atoms with Gasteiger partial charge in [0.05, 0.1) is 13.0 Å². The molecule has 1 rings (SSSR count). The third-order valence-electron chi connectivity index (χ3n) is 2.89. The third kappa shape index (κ3) is 5.47. The highest BCUT2D eigenvalue weighted by Crippen LogP contribution is 2.18. The predicted octanol–water partition coefficient (Wildman–Crippen LogP) is 1.46. The van der Waals surface area contributed by atoms with E-state index in [2.05, 4.69) is 18.7 Å². The Morgan fingerprint density at radius 3 is 2.69 bits per heavy atom. The summed E-state index contributed by atoms with van der Waals surface area (Å²) < 4.78 is 5.51. The van der Waals surface area contributed by atoms with E-state index in [0.29, 0.717) is 18.3 Å². The fourth-order valence-electron chi connectivity index (χ4n) is 1.85. The molecule has 0 bridgehead atoms. The maximum absolute atomic E-state index is 10.4. The lowest BCUT2D eigenvalue weighted by molar-refractivity contribution is -0.139. The molecule has 16 heavy (non-hydrogen) atoms. The maximum atomic E-state index is 10.4. The first-order valence-corrected chi connectivity index (χ1v) is 6.10. The Morgan fingerprint density at radius 2 is 2.12 bits per heavy atom. The molecule has 4 nitrogen and oxygen atoms in total. The third-order valence-corrected chi connectivity index (χ3v) is 2.89. The van der Waals surface area contributed by atoms with Gasteiger partial charge in [0.15, 0.2) is 0 Å². The highest BCUT2D eigenvalue weighted by Gasteiger charge is 2.27. The van der Waals surface area contributed by atoms with Crippen molar-refractivity contribution in [1.82, 2.24) is 4.90 Å². The molecule has 1 N–H and O–H groups in total. The van der Waals surface area contributed by atoms with Crippen molar-refractivity contribution in [3.63, 3.8) is 0 Å². The van der Waals surface area contributed by atoms with Crippen molar-refractivity contribution < 1.29 is 14.6 Å². The molecule has 4 heteroatoms. The number of rotatable bonds is 8. The number of hydrogen-bond donors (Lipinski definition) is 1. The Kier molecular flexibility index (Phi) is 5.77. The summed E-state index contributed by atoms with van der Waals surface area (Å²) in [6, 6.07) is 0. The van der Waals surface area contributed by atoms with E-state index in [4.69, 9.17) is 9.84 Å². The molecule has 0 aromatic rings. The van der Waals surface area contributed by atoms with Gasteiger partial charge in [-0.3, -0.25) is 4.79 Å². The van der Waals surface area contributed by atoms with Crippen molar-refractivity contribution in [2.24, 2.45) is 11.8 Å².